The molecule has 128 valence electrons. The Morgan fingerprint density at radius 2 is 1.96 bits per heavy atom. The molecule has 0 spiro atoms. The summed E-state index contributed by atoms with van der Waals surface area (Å²) in [6.45, 7) is 0. The number of fused-ring (bicyclic) bond motifs is 1. The number of amides is 1. The third kappa shape index (κ3) is 2.54. The summed E-state index contributed by atoms with van der Waals surface area (Å²) in [7, 11) is 1.59. The van der Waals surface area contributed by atoms with Crippen molar-refractivity contribution in [1.82, 2.24) is 4.98 Å². The van der Waals surface area contributed by atoms with Gasteiger partial charge >= 0.3 is 0 Å². The second kappa shape index (κ2) is 5.58. The number of H-pyrrole nitrogens is 1. The normalized spacial score (nSPS) is 15.2. The van der Waals surface area contributed by atoms with Crippen molar-refractivity contribution >= 4 is 22.5 Å². The van der Waals surface area contributed by atoms with Gasteiger partial charge in [0.1, 0.15) is 5.75 Å². The van der Waals surface area contributed by atoms with Gasteiger partial charge in [-0.15, -0.1) is 0 Å². The number of hydrogen-bond acceptors (Lipinski definition) is 2. The Kier molecular flexibility index (Phi) is 3.49. The van der Waals surface area contributed by atoms with Gasteiger partial charge in [-0.25, -0.2) is 8.78 Å². The van der Waals surface area contributed by atoms with E-state index in [0.29, 0.717) is 18.6 Å². The van der Waals surface area contributed by atoms with Crippen LogP contribution in [0.3, 0.4) is 0 Å². The maximum Gasteiger partial charge on any atom is 0.235 e. The summed E-state index contributed by atoms with van der Waals surface area (Å²) in [5, 5.41) is 3.63. The summed E-state index contributed by atoms with van der Waals surface area (Å²) < 4.78 is 31.7. The van der Waals surface area contributed by atoms with Crippen LogP contribution < -0.4 is 10.1 Å². The van der Waals surface area contributed by atoms with Crippen molar-refractivity contribution in [3.63, 3.8) is 0 Å². The minimum Gasteiger partial charge on any atom is -0.497 e. The molecule has 4 nitrogen and oxygen atoms in total. The molecule has 2 N–H and O–H groups in total. The molecule has 3 aromatic rings. The number of rotatable bonds is 4. The first-order valence-corrected chi connectivity index (χ1v) is 7.95. The van der Waals surface area contributed by atoms with Crippen LogP contribution in [0.4, 0.5) is 14.5 Å². The highest BCUT2D eigenvalue weighted by Crippen LogP contribution is 2.51. The number of halogens is 2. The lowest BCUT2D eigenvalue weighted by molar-refractivity contribution is -0.118. The summed E-state index contributed by atoms with van der Waals surface area (Å²) >= 11 is 0. The van der Waals surface area contributed by atoms with Gasteiger partial charge in [0.2, 0.25) is 5.91 Å². The molecule has 1 saturated carbocycles. The quantitative estimate of drug-likeness (QED) is 0.749. The largest absolute Gasteiger partial charge is 0.497 e. The predicted octanol–water partition coefficient (Wildman–Crippen LogP) is 4.13. The van der Waals surface area contributed by atoms with E-state index in [0.717, 1.165) is 28.6 Å². The average molecular weight is 342 g/mol. The van der Waals surface area contributed by atoms with Gasteiger partial charge in [0.25, 0.3) is 0 Å². The summed E-state index contributed by atoms with van der Waals surface area (Å²) in [6.07, 6.45) is 3.24. The molecule has 0 radical (unpaired) electrons. The molecular formula is C19H16F2N2O2. The molecule has 4 rings (SSSR count). The van der Waals surface area contributed by atoms with Gasteiger partial charge in [-0.2, -0.15) is 0 Å². The second-order valence-electron chi connectivity index (χ2n) is 6.28. The zero-order chi connectivity index (χ0) is 17.6. The molecule has 1 aliphatic rings. The molecular weight excluding hydrogens is 326 g/mol. The number of ether oxygens (including phenoxy) is 1. The minimum atomic E-state index is -0.987. The van der Waals surface area contributed by atoms with Crippen molar-refractivity contribution in [2.24, 2.45) is 0 Å². The molecule has 0 unspecified atom stereocenters. The van der Waals surface area contributed by atoms with Crippen LogP contribution in [0.15, 0.2) is 42.6 Å². The molecule has 0 aliphatic heterocycles. The topological polar surface area (TPSA) is 54.1 Å². The molecule has 1 heterocycles. The highest BCUT2D eigenvalue weighted by Gasteiger charge is 2.52. The van der Waals surface area contributed by atoms with Crippen LogP contribution in [-0.2, 0) is 10.2 Å². The number of aromatic nitrogens is 1. The van der Waals surface area contributed by atoms with Crippen LogP contribution in [0, 0.1) is 11.6 Å². The predicted molar refractivity (Wildman–Crippen MR) is 90.8 cm³/mol. The van der Waals surface area contributed by atoms with Crippen LogP contribution in [0.1, 0.15) is 18.4 Å². The van der Waals surface area contributed by atoms with Crippen molar-refractivity contribution in [1.29, 1.82) is 0 Å². The third-order valence-corrected chi connectivity index (χ3v) is 4.77. The van der Waals surface area contributed by atoms with Crippen molar-refractivity contribution in [3.8, 4) is 5.75 Å². The van der Waals surface area contributed by atoms with E-state index in [1.165, 1.54) is 6.07 Å². The summed E-state index contributed by atoms with van der Waals surface area (Å²) in [6, 6.07) is 8.99. The first-order chi connectivity index (χ1) is 12.0. The Morgan fingerprint density at radius 3 is 2.64 bits per heavy atom. The highest BCUT2D eigenvalue weighted by molar-refractivity contribution is 6.04. The van der Waals surface area contributed by atoms with Gasteiger partial charge < -0.3 is 15.0 Å². The number of aromatic amines is 1. The number of carbonyl (C=O) groups is 1. The van der Waals surface area contributed by atoms with Gasteiger partial charge in [0.05, 0.1) is 12.5 Å². The molecule has 1 aromatic heterocycles. The highest BCUT2D eigenvalue weighted by atomic mass is 19.2. The van der Waals surface area contributed by atoms with E-state index in [1.54, 1.807) is 7.11 Å². The lowest BCUT2D eigenvalue weighted by Gasteiger charge is -2.15. The Morgan fingerprint density at radius 1 is 1.16 bits per heavy atom. The number of methoxy groups -OCH3 is 1. The first-order valence-electron chi connectivity index (χ1n) is 7.95. The van der Waals surface area contributed by atoms with Crippen molar-refractivity contribution < 1.29 is 18.3 Å². The molecule has 1 aliphatic carbocycles. The molecule has 0 atom stereocenters. The number of hydrogen-bond donors (Lipinski definition) is 2. The van der Waals surface area contributed by atoms with Gasteiger partial charge in [0.15, 0.2) is 11.6 Å². The molecule has 1 amide bonds. The monoisotopic (exact) mass is 342 g/mol. The fraction of sp³-hybridized carbons (Fsp3) is 0.211. The van der Waals surface area contributed by atoms with E-state index in [9.17, 15) is 13.6 Å². The van der Waals surface area contributed by atoms with E-state index in [1.807, 2.05) is 24.4 Å². The summed E-state index contributed by atoms with van der Waals surface area (Å²) in [5.41, 5.74) is 1.40. The van der Waals surface area contributed by atoms with Crippen molar-refractivity contribution in [3.05, 3.63) is 59.8 Å². The van der Waals surface area contributed by atoms with Gasteiger partial charge in [-0.3, -0.25) is 4.79 Å². The molecule has 2 aromatic carbocycles. The smallest absolute Gasteiger partial charge is 0.235 e. The van der Waals surface area contributed by atoms with E-state index in [4.69, 9.17) is 4.74 Å². The van der Waals surface area contributed by atoms with Crippen LogP contribution in [0.25, 0.3) is 10.9 Å². The van der Waals surface area contributed by atoms with Crippen molar-refractivity contribution in [2.75, 3.05) is 12.4 Å². The Balaban J connectivity index is 1.67. The van der Waals surface area contributed by atoms with Gasteiger partial charge in [-0.05, 0) is 48.7 Å². The van der Waals surface area contributed by atoms with Gasteiger partial charge in [-0.1, -0.05) is 0 Å². The fourth-order valence-corrected chi connectivity index (χ4v) is 3.19. The van der Waals surface area contributed by atoms with Crippen LogP contribution in [0.2, 0.25) is 0 Å². The molecule has 6 heteroatoms. The Hall–Kier alpha value is -2.89. The fourth-order valence-electron chi connectivity index (χ4n) is 3.19. The van der Waals surface area contributed by atoms with Gasteiger partial charge in [0, 0.05) is 28.9 Å². The summed E-state index contributed by atoms with van der Waals surface area (Å²) in [5.74, 6) is -1.44. The zero-order valence-corrected chi connectivity index (χ0v) is 13.5. The standard InChI is InChI=1S/C19H16F2N2O2/c1-25-12-3-5-17-13(9-12)14(10-22-17)19(6-7-19)18(24)23-11-2-4-15(20)16(21)8-11/h2-5,8-10,22H,6-7H2,1H3,(H,23,24). The molecule has 1 fully saturated rings. The summed E-state index contributed by atoms with van der Waals surface area (Å²) in [4.78, 5) is 16.0. The average Bonchev–Trinajstić information content (AvgIpc) is 3.31. The van der Waals surface area contributed by atoms with E-state index in [2.05, 4.69) is 10.3 Å². The third-order valence-electron chi connectivity index (χ3n) is 4.77. The second-order valence-corrected chi connectivity index (χ2v) is 6.28. The Bertz CT molecular complexity index is 977. The lowest BCUT2D eigenvalue weighted by atomic mass is 9.94. The first kappa shape index (κ1) is 15.6. The lowest BCUT2D eigenvalue weighted by Crippen LogP contribution is -2.27. The zero-order valence-electron chi connectivity index (χ0n) is 13.5. The number of anilines is 1. The number of benzene rings is 2. The van der Waals surface area contributed by atoms with E-state index >= 15 is 0 Å². The molecule has 0 bridgehead atoms. The van der Waals surface area contributed by atoms with E-state index in [-0.39, 0.29) is 11.6 Å². The van der Waals surface area contributed by atoms with Crippen LogP contribution >= 0.6 is 0 Å². The minimum absolute atomic E-state index is 0.220. The Labute approximate surface area is 142 Å². The number of carbonyl (C=O) groups excluding carboxylic acids is 1. The van der Waals surface area contributed by atoms with Crippen molar-refractivity contribution in [2.45, 2.75) is 18.3 Å². The molecule has 0 saturated heterocycles. The molecule has 25 heavy (non-hydrogen) atoms. The van der Waals surface area contributed by atoms with Crippen LogP contribution in [-0.4, -0.2) is 18.0 Å². The van der Waals surface area contributed by atoms with Crippen LogP contribution in [0.5, 0.6) is 5.75 Å². The SMILES string of the molecule is COc1ccc2[nH]cc(C3(C(=O)Nc4ccc(F)c(F)c4)CC3)c2c1. The number of nitrogens with one attached hydrogen (secondary N) is 2. The maximum atomic E-state index is 13.4. The van der Waals surface area contributed by atoms with E-state index < -0.39 is 17.0 Å². The maximum absolute atomic E-state index is 13.4.